The van der Waals surface area contributed by atoms with E-state index in [1.54, 1.807) is 5.10 Å². The van der Waals surface area contributed by atoms with Crippen molar-refractivity contribution in [3.63, 3.8) is 0 Å². The number of rotatable bonds is 1. The minimum absolute atomic E-state index is 0.338. The topological polar surface area (TPSA) is 72.1 Å². The zero-order valence-corrected chi connectivity index (χ0v) is 7.38. The van der Waals surface area contributed by atoms with Crippen LogP contribution in [0.3, 0.4) is 0 Å². The highest BCUT2D eigenvalue weighted by molar-refractivity contribution is 5.87. The van der Waals surface area contributed by atoms with Gasteiger partial charge < -0.3 is 4.74 Å². The molecule has 0 aliphatic heterocycles. The number of hydrogen-bond acceptors (Lipinski definition) is 4. The number of aromatic amines is 1. The smallest absolute Gasteiger partial charge is 0.421 e. The third-order valence-corrected chi connectivity index (χ3v) is 1.50. The van der Waals surface area contributed by atoms with Gasteiger partial charge in [-0.2, -0.15) is 18.3 Å². The van der Waals surface area contributed by atoms with Gasteiger partial charge in [-0.25, -0.2) is 9.89 Å². The second-order valence-corrected chi connectivity index (χ2v) is 2.49. The standard InChI is InChI=1S/C7H5F3N2O3/c1-15-6(14)4-2-3(7(8,9)10)5(13)12-11-4/h2H,1H3,(H,12,13). The number of hydrogen-bond donors (Lipinski definition) is 1. The van der Waals surface area contributed by atoms with Gasteiger partial charge in [0.2, 0.25) is 0 Å². The second kappa shape index (κ2) is 3.71. The Hall–Kier alpha value is -1.86. The number of carbonyl (C=O) groups excluding carboxylic acids is 1. The Balaban J connectivity index is 3.29. The number of nitrogens with one attached hydrogen (secondary N) is 1. The number of H-pyrrole nitrogens is 1. The second-order valence-electron chi connectivity index (χ2n) is 2.49. The molecule has 1 heterocycles. The molecule has 1 aromatic rings. The molecule has 1 aromatic heterocycles. The van der Waals surface area contributed by atoms with Gasteiger partial charge in [-0.15, -0.1) is 0 Å². The third-order valence-electron chi connectivity index (χ3n) is 1.50. The molecule has 15 heavy (non-hydrogen) atoms. The molecule has 8 heteroatoms. The van der Waals surface area contributed by atoms with Crippen LogP contribution >= 0.6 is 0 Å². The molecule has 0 bridgehead atoms. The predicted octanol–water partition coefficient (Wildman–Crippen LogP) is 0.575. The quantitative estimate of drug-likeness (QED) is 0.705. The number of ether oxygens (including phenoxy) is 1. The molecule has 0 unspecified atom stereocenters. The summed E-state index contributed by atoms with van der Waals surface area (Å²) in [6.45, 7) is 0. The van der Waals surface area contributed by atoms with Gasteiger partial charge in [0.15, 0.2) is 5.69 Å². The molecule has 0 fully saturated rings. The normalized spacial score (nSPS) is 11.2. The molecule has 0 atom stereocenters. The monoisotopic (exact) mass is 222 g/mol. The van der Waals surface area contributed by atoms with Gasteiger partial charge in [0.25, 0.3) is 5.56 Å². The summed E-state index contributed by atoms with van der Waals surface area (Å²) < 4.78 is 40.7. The fraction of sp³-hybridized carbons (Fsp3) is 0.286. The average molecular weight is 222 g/mol. The summed E-state index contributed by atoms with van der Waals surface area (Å²) in [5.41, 5.74) is -3.50. The Bertz CT molecular complexity index is 438. The molecular weight excluding hydrogens is 217 g/mol. The molecular formula is C7H5F3N2O3. The van der Waals surface area contributed by atoms with Crippen LogP contribution in [0, 0.1) is 0 Å². The van der Waals surface area contributed by atoms with Gasteiger partial charge in [0, 0.05) is 0 Å². The highest BCUT2D eigenvalue weighted by Crippen LogP contribution is 2.26. The minimum Gasteiger partial charge on any atom is -0.464 e. The van der Waals surface area contributed by atoms with Gasteiger partial charge in [-0.1, -0.05) is 0 Å². The van der Waals surface area contributed by atoms with Gasteiger partial charge in [0.05, 0.1) is 7.11 Å². The van der Waals surface area contributed by atoms with E-state index in [1.165, 1.54) is 0 Å². The van der Waals surface area contributed by atoms with Crippen molar-refractivity contribution < 1.29 is 22.7 Å². The molecule has 0 saturated carbocycles. The van der Waals surface area contributed by atoms with Crippen molar-refractivity contribution in [3.8, 4) is 0 Å². The molecule has 1 rings (SSSR count). The number of carbonyl (C=O) groups is 1. The van der Waals surface area contributed by atoms with Gasteiger partial charge in [-0.3, -0.25) is 4.79 Å². The molecule has 0 saturated heterocycles. The zero-order chi connectivity index (χ0) is 11.6. The Morgan fingerprint density at radius 2 is 2.13 bits per heavy atom. The van der Waals surface area contributed by atoms with E-state index in [9.17, 15) is 22.8 Å². The number of esters is 1. The summed E-state index contributed by atoms with van der Waals surface area (Å²) in [7, 11) is 0.988. The first-order chi connectivity index (χ1) is 6.86. The average Bonchev–Trinajstić information content (AvgIpc) is 2.15. The van der Waals surface area contributed by atoms with Gasteiger partial charge in [0.1, 0.15) is 5.56 Å². The summed E-state index contributed by atoms with van der Waals surface area (Å²) in [5, 5.41) is 4.68. The maximum atomic E-state index is 12.2. The molecule has 82 valence electrons. The first kappa shape index (κ1) is 11.2. The fourth-order valence-electron chi connectivity index (χ4n) is 0.825. The number of aromatic nitrogens is 2. The molecule has 0 aromatic carbocycles. The van der Waals surface area contributed by atoms with Crippen LogP contribution in [0.4, 0.5) is 13.2 Å². The number of alkyl halides is 3. The van der Waals surface area contributed by atoms with Crippen molar-refractivity contribution >= 4 is 5.97 Å². The Labute approximate surface area is 80.9 Å². The van der Waals surface area contributed by atoms with E-state index in [0.29, 0.717) is 6.07 Å². The summed E-state index contributed by atoms with van der Waals surface area (Å²) in [5.74, 6) is -1.06. The maximum Gasteiger partial charge on any atom is 0.421 e. The zero-order valence-electron chi connectivity index (χ0n) is 7.38. The van der Waals surface area contributed by atoms with E-state index in [-0.39, 0.29) is 0 Å². The summed E-state index contributed by atoms with van der Waals surface area (Å²) in [6, 6.07) is 0.338. The molecule has 0 amide bonds. The summed E-state index contributed by atoms with van der Waals surface area (Å²) in [6.07, 6.45) is -4.83. The highest BCUT2D eigenvalue weighted by Gasteiger charge is 2.35. The van der Waals surface area contributed by atoms with Crippen LogP contribution in [0.2, 0.25) is 0 Å². The van der Waals surface area contributed by atoms with E-state index in [1.807, 2.05) is 0 Å². The summed E-state index contributed by atoms with van der Waals surface area (Å²) in [4.78, 5) is 21.6. The van der Waals surface area contributed by atoms with E-state index in [2.05, 4.69) is 9.84 Å². The number of halogens is 3. The molecule has 0 spiro atoms. The number of methoxy groups -OCH3 is 1. The van der Waals surface area contributed by atoms with Crippen molar-refractivity contribution in [1.82, 2.24) is 10.2 Å². The van der Waals surface area contributed by atoms with Crippen LogP contribution < -0.4 is 5.56 Å². The number of nitrogens with zero attached hydrogens (tertiary/aromatic N) is 1. The summed E-state index contributed by atoms with van der Waals surface area (Å²) >= 11 is 0. The lowest BCUT2D eigenvalue weighted by Crippen LogP contribution is -2.24. The van der Waals surface area contributed by atoms with Crippen molar-refractivity contribution in [3.05, 3.63) is 27.7 Å². The fourth-order valence-corrected chi connectivity index (χ4v) is 0.825. The molecule has 0 aliphatic carbocycles. The molecule has 0 aliphatic rings. The van der Waals surface area contributed by atoms with Gasteiger partial charge >= 0.3 is 12.1 Å². The van der Waals surface area contributed by atoms with Crippen LogP contribution in [0.1, 0.15) is 16.1 Å². The largest absolute Gasteiger partial charge is 0.464 e. The first-order valence-electron chi connectivity index (χ1n) is 3.61. The SMILES string of the molecule is COC(=O)c1cc(C(F)(F)F)c(=O)[nH]n1. The maximum absolute atomic E-state index is 12.2. The Kier molecular flexibility index (Phi) is 2.78. The van der Waals surface area contributed by atoms with E-state index in [4.69, 9.17) is 0 Å². The molecule has 5 nitrogen and oxygen atoms in total. The van der Waals surface area contributed by atoms with Crippen molar-refractivity contribution in [2.24, 2.45) is 0 Å². The van der Waals surface area contributed by atoms with Crippen LogP contribution in [-0.2, 0) is 10.9 Å². The minimum atomic E-state index is -4.83. The van der Waals surface area contributed by atoms with Crippen molar-refractivity contribution in [2.45, 2.75) is 6.18 Å². The predicted molar refractivity (Wildman–Crippen MR) is 41.2 cm³/mol. The van der Waals surface area contributed by atoms with Crippen LogP contribution in [0.5, 0.6) is 0 Å². The van der Waals surface area contributed by atoms with E-state index >= 15 is 0 Å². The Morgan fingerprint density at radius 3 is 2.60 bits per heavy atom. The lowest BCUT2D eigenvalue weighted by Gasteiger charge is -2.05. The van der Waals surface area contributed by atoms with Crippen LogP contribution in [0.25, 0.3) is 0 Å². The highest BCUT2D eigenvalue weighted by atomic mass is 19.4. The Morgan fingerprint density at radius 1 is 1.53 bits per heavy atom. The van der Waals surface area contributed by atoms with E-state index in [0.717, 1.165) is 7.11 Å². The van der Waals surface area contributed by atoms with Gasteiger partial charge in [-0.05, 0) is 6.07 Å². The third kappa shape index (κ3) is 2.33. The molecule has 0 radical (unpaired) electrons. The lowest BCUT2D eigenvalue weighted by atomic mass is 10.2. The van der Waals surface area contributed by atoms with Crippen molar-refractivity contribution in [1.29, 1.82) is 0 Å². The lowest BCUT2D eigenvalue weighted by molar-refractivity contribution is -0.138. The van der Waals surface area contributed by atoms with Crippen molar-refractivity contribution in [2.75, 3.05) is 7.11 Å². The van der Waals surface area contributed by atoms with Crippen LogP contribution in [0.15, 0.2) is 10.9 Å². The van der Waals surface area contributed by atoms with Crippen LogP contribution in [-0.4, -0.2) is 23.3 Å². The first-order valence-corrected chi connectivity index (χ1v) is 3.61. The molecule has 1 N–H and O–H groups in total. The van der Waals surface area contributed by atoms with E-state index < -0.39 is 29.0 Å².